The number of hydrogen-bond acceptors (Lipinski definition) is 9. The second-order valence-electron chi connectivity index (χ2n) is 10.0. The summed E-state index contributed by atoms with van der Waals surface area (Å²) in [5.74, 6) is -1.63. The van der Waals surface area contributed by atoms with Crippen LogP contribution in [0.1, 0.15) is 39.7 Å². The van der Waals surface area contributed by atoms with Gasteiger partial charge in [-0.1, -0.05) is 38.2 Å². The predicted molar refractivity (Wildman–Crippen MR) is 148 cm³/mol. The number of ether oxygens (including phenoxy) is 3. The Morgan fingerprint density at radius 2 is 1.82 bits per heavy atom. The summed E-state index contributed by atoms with van der Waals surface area (Å²) >= 11 is 0. The van der Waals surface area contributed by atoms with E-state index in [2.05, 4.69) is 5.32 Å². The third-order valence-electron chi connectivity index (χ3n) is 6.87. The molecule has 0 unspecified atom stereocenters. The second kappa shape index (κ2) is 14.0. The number of amides is 2. The lowest BCUT2D eigenvalue weighted by molar-refractivity contribution is -0.112. The van der Waals surface area contributed by atoms with Gasteiger partial charge in [0, 0.05) is 37.3 Å². The van der Waals surface area contributed by atoms with Crippen molar-refractivity contribution >= 4 is 23.4 Å². The number of carbonyl (C=O) groups excluding carboxylic acids is 2. The number of phenolic OH excluding ortho intramolecular Hbond substituents is 2. The number of aliphatic hydroxyl groups is 1. The van der Waals surface area contributed by atoms with E-state index in [1.165, 1.54) is 26.4 Å². The normalized spacial score (nSPS) is 30.8. The first-order valence-corrected chi connectivity index (χ1v) is 12.7. The summed E-state index contributed by atoms with van der Waals surface area (Å²) in [6.45, 7) is 7.01. The van der Waals surface area contributed by atoms with Gasteiger partial charge in [-0.3, -0.25) is 4.79 Å². The SMILES string of the molecule is CO[C@@H]1/C=C\C=C(\C)C(=O)Nc2cc(O)c(N)c(c2O)C[C@@H](C)C[C@@H](OC)[C@@H](O)[C@@H](C)/C=C(/C)[C@H]1OC(N)=O. The van der Waals surface area contributed by atoms with Gasteiger partial charge in [0.05, 0.1) is 23.6 Å². The summed E-state index contributed by atoms with van der Waals surface area (Å²) in [4.78, 5) is 24.5. The van der Waals surface area contributed by atoms with Crippen LogP contribution in [0, 0.1) is 11.8 Å². The van der Waals surface area contributed by atoms with E-state index in [9.17, 15) is 24.9 Å². The van der Waals surface area contributed by atoms with Gasteiger partial charge < -0.3 is 46.3 Å². The van der Waals surface area contributed by atoms with Crippen LogP contribution in [0.4, 0.5) is 16.2 Å². The Bertz CT molecular complexity index is 1130. The molecule has 2 bridgehead atoms. The summed E-state index contributed by atoms with van der Waals surface area (Å²) < 4.78 is 16.5. The number of benzene rings is 1. The molecule has 6 atom stereocenters. The molecule has 1 aliphatic rings. The summed E-state index contributed by atoms with van der Waals surface area (Å²) in [6.07, 6.45) is 2.90. The third kappa shape index (κ3) is 8.22. The first-order chi connectivity index (χ1) is 18.3. The predicted octanol–water partition coefficient (Wildman–Crippen LogP) is 3.14. The smallest absolute Gasteiger partial charge is 0.405 e. The fourth-order valence-corrected chi connectivity index (χ4v) is 4.63. The summed E-state index contributed by atoms with van der Waals surface area (Å²) in [5, 5.41) is 35.0. The molecule has 0 saturated carbocycles. The molecular formula is C28H41N3O8. The van der Waals surface area contributed by atoms with Crippen molar-refractivity contribution in [2.45, 2.75) is 65.0 Å². The Kier molecular flexibility index (Phi) is 11.4. The molecule has 11 heteroatoms. The van der Waals surface area contributed by atoms with Crippen LogP contribution < -0.4 is 16.8 Å². The molecular weight excluding hydrogens is 506 g/mol. The van der Waals surface area contributed by atoms with Gasteiger partial charge >= 0.3 is 6.09 Å². The summed E-state index contributed by atoms with van der Waals surface area (Å²) in [6, 6.07) is 1.19. The van der Waals surface area contributed by atoms with Crippen molar-refractivity contribution in [3.8, 4) is 11.5 Å². The molecule has 0 aromatic heterocycles. The van der Waals surface area contributed by atoms with Crippen LogP contribution in [0.15, 0.2) is 41.5 Å². The maximum absolute atomic E-state index is 12.8. The van der Waals surface area contributed by atoms with E-state index in [1.54, 1.807) is 39.0 Å². The van der Waals surface area contributed by atoms with E-state index in [1.807, 2.05) is 6.92 Å². The van der Waals surface area contributed by atoms with E-state index in [0.29, 0.717) is 12.0 Å². The topological polar surface area (TPSA) is 187 Å². The molecule has 11 nitrogen and oxygen atoms in total. The Morgan fingerprint density at radius 3 is 2.41 bits per heavy atom. The zero-order chi connectivity index (χ0) is 29.4. The fourth-order valence-electron chi connectivity index (χ4n) is 4.63. The average molecular weight is 548 g/mol. The maximum atomic E-state index is 12.8. The largest absolute Gasteiger partial charge is 0.506 e. The van der Waals surface area contributed by atoms with Gasteiger partial charge in [-0.2, -0.15) is 0 Å². The number of nitrogens with one attached hydrogen (secondary N) is 1. The number of nitrogens with two attached hydrogens (primary N) is 2. The van der Waals surface area contributed by atoms with Crippen molar-refractivity contribution in [2.24, 2.45) is 17.6 Å². The minimum Gasteiger partial charge on any atom is -0.506 e. The number of methoxy groups -OCH3 is 2. The molecule has 1 aromatic rings. The molecule has 2 amide bonds. The van der Waals surface area contributed by atoms with Crippen LogP contribution in [-0.2, 0) is 25.4 Å². The number of allylic oxidation sites excluding steroid dienone is 2. The van der Waals surface area contributed by atoms with Gasteiger partial charge in [0.15, 0.2) is 6.10 Å². The highest BCUT2D eigenvalue weighted by atomic mass is 16.6. The standard InChI is InChI=1S/C28H41N3O8/c1-14-10-18-23(29)20(32)13-19(25(18)34)31-27(35)15(2)8-7-9-21(37-5)26(39-28(30)36)17(4)12-16(3)24(33)22(11-14)38-6/h7-9,12-14,16,21-22,24,26,32-34H,10-11,29H2,1-6H3,(H2,30,36)(H,31,35)/b9-7-,15-8-,17-12-/t14-,16+,21-,22-,24+,26-/m1/s1. The number of fused-ring (bicyclic) bond motifs is 2. The zero-order valence-electron chi connectivity index (χ0n) is 23.3. The maximum Gasteiger partial charge on any atom is 0.405 e. The minimum atomic E-state index is -0.992. The number of hydrogen-bond donors (Lipinski definition) is 6. The molecule has 8 N–H and O–H groups in total. The Balaban J connectivity index is 2.62. The van der Waals surface area contributed by atoms with Gasteiger partial charge in [-0.05, 0) is 38.2 Å². The van der Waals surface area contributed by atoms with Crippen molar-refractivity contribution in [3.05, 3.63) is 47.1 Å². The quantitative estimate of drug-likeness (QED) is 0.143. The third-order valence-corrected chi connectivity index (χ3v) is 6.87. The number of rotatable bonds is 3. The van der Waals surface area contributed by atoms with Crippen LogP contribution >= 0.6 is 0 Å². The highest BCUT2D eigenvalue weighted by molar-refractivity contribution is 6.04. The molecule has 0 fully saturated rings. The molecule has 216 valence electrons. The van der Waals surface area contributed by atoms with Gasteiger partial charge in [0.2, 0.25) is 0 Å². The lowest BCUT2D eigenvalue weighted by Gasteiger charge is -2.29. The van der Waals surface area contributed by atoms with Gasteiger partial charge in [-0.15, -0.1) is 0 Å². The monoisotopic (exact) mass is 547 g/mol. The molecule has 0 spiro atoms. The van der Waals surface area contributed by atoms with Gasteiger partial charge in [0.25, 0.3) is 5.91 Å². The van der Waals surface area contributed by atoms with E-state index < -0.39 is 42.3 Å². The Labute approximate surface area is 229 Å². The highest BCUT2D eigenvalue weighted by Gasteiger charge is 2.30. The highest BCUT2D eigenvalue weighted by Crippen LogP contribution is 2.40. The molecule has 2 rings (SSSR count). The fraction of sp³-hybridized carbons (Fsp3) is 0.500. The molecule has 1 aliphatic heterocycles. The molecule has 1 heterocycles. The summed E-state index contributed by atoms with van der Waals surface area (Å²) in [7, 11) is 2.93. The van der Waals surface area contributed by atoms with Crippen molar-refractivity contribution in [3.63, 3.8) is 0 Å². The van der Waals surface area contributed by atoms with Crippen molar-refractivity contribution in [1.29, 1.82) is 0 Å². The van der Waals surface area contributed by atoms with E-state index in [0.717, 1.165) is 0 Å². The van der Waals surface area contributed by atoms with Crippen LogP contribution in [0.2, 0.25) is 0 Å². The van der Waals surface area contributed by atoms with Crippen LogP contribution in [0.5, 0.6) is 11.5 Å². The Morgan fingerprint density at radius 1 is 1.15 bits per heavy atom. The van der Waals surface area contributed by atoms with Gasteiger partial charge in [-0.25, -0.2) is 4.79 Å². The number of primary amides is 1. The van der Waals surface area contributed by atoms with Crippen molar-refractivity contribution < 1.29 is 39.1 Å². The van der Waals surface area contributed by atoms with E-state index in [4.69, 9.17) is 25.7 Å². The van der Waals surface area contributed by atoms with Crippen molar-refractivity contribution in [1.82, 2.24) is 0 Å². The van der Waals surface area contributed by atoms with Crippen LogP contribution in [0.25, 0.3) is 0 Å². The lowest BCUT2D eigenvalue weighted by atomic mass is 9.87. The average Bonchev–Trinajstić information content (AvgIpc) is 2.88. The number of aromatic hydroxyl groups is 2. The number of nitrogen functional groups attached to an aromatic ring is 1. The van der Waals surface area contributed by atoms with Crippen molar-refractivity contribution in [2.75, 3.05) is 25.3 Å². The molecule has 39 heavy (non-hydrogen) atoms. The molecule has 0 radical (unpaired) electrons. The van der Waals surface area contributed by atoms with E-state index in [-0.39, 0.29) is 46.3 Å². The number of anilines is 2. The lowest BCUT2D eigenvalue weighted by Crippen LogP contribution is -2.37. The first kappa shape index (κ1) is 31.7. The first-order valence-electron chi connectivity index (χ1n) is 12.7. The molecule has 1 aromatic carbocycles. The van der Waals surface area contributed by atoms with Gasteiger partial charge in [0.1, 0.15) is 17.6 Å². The molecule has 0 saturated heterocycles. The zero-order valence-corrected chi connectivity index (χ0v) is 23.3. The minimum absolute atomic E-state index is 0.00464. The van der Waals surface area contributed by atoms with Crippen LogP contribution in [0.3, 0.4) is 0 Å². The van der Waals surface area contributed by atoms with Crippen LogP contribution in [-0.4, -0.2) is 66.0 Å². The number of aliphatic hydroxyl groups excluding tert-OH is 1. The Hall–Kier alpha value is -3.54. The van der Waals surface area contributed by atoms with E-state index >= 15 is 0 Å². The number of phenols is 2. The second-order valence-corrected chi connectivity index (χ2v) is 10.0. The molecule has 0 aliphatic carbocycles. The summed E-state index contributed by atoms with van der Waals surface area (Å²) in [5.41, 5.74) is 12.6. The number of carbonyl (C=O) groups is 2.